The van der Waals surface area contributed by atoms with Crippen LogP contribution < -0.4 is 5.32 Å². The molecule has 8 heteroatoms. The molecule has 0 aliphatic carbocycles. The molecule has 0 fully saturated rings. The summed E-state index contributed by atoms with van der Waals surface area (Å²) in [6, 6.07) is 12.0. The van der Waals surface area contributed by atoms with Crippen LogP contribution in [0.25, 0.3) is 0 Å². The highest BCUT2D eigenvalue weighted by Gasteiger charge is 2.24. The number of benzene rings is 2. The smallest absolute Gasteiger partial charge is 0.329 e. The van der Waals surface area contributed by atoms with Gasteiger partial charge < -0.3 is 10.1 Å². The summed E-state index contributed by atoms with van der Waals surface area (Å²) < 4.78 is 5.14. The molecule has 0 saturated carbocycles. The minimum Gasteiger partial charge on any atom is -0.456 e. The Labute approximate surface area is 177 Å². The summed E-state index contributed by atoms with van der Waals surface area (Å²) in [5.74, 6) is -0.867. The number of esters is 1. The Morgan fingerprint density at radius 2 is 1.75 bits per heavy atom. The standard InChI is InChI=1S/C20H19Cl2NO4S/c1-28-11-10-17(23-19(25)15-4-2-3-5-16(15)22)20(26)27-12-18(24)13-6-8-14(21)9-7-13/h2-9,17H,10-12H2,1H3,(H,23,25). The maximum Gasteiger partial charge on any atom is 0.329 e. The number of amides is 1. The van der Waals surface area contributed by atoms with Gasteiger partial charge in [-0.05, 0) is 54.8 Å². The van der Waals surface area contributed by atoms with E-state index in [1.807, 2.05) is 6.26 Å². The first-order chi connectivity index (χ1) is 13.4. The van der Waals surface area contributed by atoms with Gasteiger partial charge in [0.2, 0.25) is 0 Å². The molecule has 0 spiro atoms. The van der Waals surface area contributed by atoms with Gasteiger partial charge in [0.25, 0.3) is 5.91 Å². The molecule has 0 heterocycles. The topological polar surface area (TPSA) is 72.5 Å². The molecule has 5 nitrogen and oxygen atoms in total. The average Bonchev–Trinajstić information content (AvgIpc) is 2.69. The van der Waals surface area contributed by atoms with Crippen molar-refractivity contribution in [3.63, 3.8) is 0 Å². The lowest BCUT2D eigenvalue weighted by molar-refractivity contribution is -0.144. The van der Waals surface area contributed by atoms with Crippen molar-refractivity contribution in [1.82, 2.24) is 5.32 Å². The molecule has 0 saturated heterocycles. The summed E-state index contributed by atoms with van der Waals surface area (Å²) in [5.41, 5.74) is 0.654. The van der Waals surface area contributed by atoms with E-state index in [1.165, 1.54) is 11.8 Å². The van der Waals surface area contributed by atoms with E-state index in [4.69, 9.17) is 27.9 Å². The Balaban J connectivity index is 2.00. The van der Waals surface area contributed by atoms with Crippen molar-refractivity contribution in [3.05, 3.63) is 69.7 Å². The van der Waals surface area contributed by atoms with E-state index in [1.54, 1.807) is 48.5 Å². The van der Waals surface area contributed by atoms with Crippen LogP contribution in [0.3, 0.4) is 0 Å². The van der Waals surface area contributed by atoms with E-state index in [0.717, 1.165) is 0 Å². The highest BCUT2D eigenvalue weighted by atomic mass is 35.5. The summed E-state index contributed by atoms with van der Waals surface area (Å²) in [7, 11) is 0. The summed E-state index contributed by atoms with van der Waals surface area (Å²) in [6.45, 7) is -0.418. The largest absolute Gasteiger partial charge is 0.456 e. The van der Waals surface area contributed by atoms with Crippen LogP contribution in [0.2, 0.25) is 10.0 Å². The molecule has 2 aromatic carbocycles. The lowest BCUT2D eigenvalue weighted by atomic mass is 10.1. The molecule has 1 atom stereocenters. The van der Waals surface area contributed by atoms with Crippen LogP contribution in [-0.2, 0) is 9.53 Å². The van der Waals surface area contributed by atoms with Crippen molar-refractivity contribution in [1.29, 1.82) is 0 Å². The van der Waals surface area contributed by atoms with Gasteiger partial charge in [-0.1, -0.05) is 35.3 Å². The molecule has 0 aliphatic rings. The fourth-order valence-electron chi connectivity index (χ4n) is 2.32. The molecule has 2 rings (SSSR count). The Morgan fingerprint density at radius 3 is 2.39 bits per heavy atom. The highest BCUT2D eigenvalue weighted by molar-refractivity contribution is 7.98. The third-order valence-electron chi connectivity index (χ3n) is 3.83. The van der Waals surface area contributed by atoms with Gasteiger partial charge in [-0.15, -0.1) is 0 Å². The van der Waals surface area contributed by atoms with Crippen molar-refractivity contribution in [2.45, 2.75) is 12.5 Å². The van der Waals surface area contributed by atoms with Gasteiger partial charge >= 0.3 is 5.97 Å². The second-order valence-corrected chi connectivity index (χ2v) is 7.65. The van der Waals surface area contributed by atoms with Crippen molar-refractivity contribution in [2.24, 2.45) is 0 Å². The molecule has 2 aromatic rings. The maximum absolute atomic E-state index is 12.4. The van der Waals surface area contributed by atoms with Gasteiger partial charge in [0, 0.05) is 10.6 Å². The average molecular weight is 440 g/mol. The van der Waals surface area contributed by atoms with Crippen molar-refractivity contribution >= 4 is 52.6 Å². The Bertz CT molecular complexity index is 842. The van der Waals surface area contributed by atoms with Crippen LogP contribution in [0.15, 0.2) is 48.5 Å². The van der Waals surface area contributed by atoms with Crippen LogP contribution in [0.4, 0.5) is 0 Å². The van der Waals surface area contributed by atoms with E-state index in [0.29, 0.717) is 22.8 Å². The second-order valence-electron chi connectivity index (χ2n) is 5.83. The first kappa shape index (κ1) is 22.3. The molecule has 1 amide bonds. The van der Waals surface area contributed by atoms with E-state index in [9.17, 15) is 14.4 Å². The van der Waals surface area contributed by atoms with Gasteiger partial charge in [-0.3, -0.25) is 9.59 Å². The first-order valence-electron chi connectivity index (χ1n) is 8.42. The number of carbonyl (C=O) groups excluding carboxylic acids is 3. The van der Waals surface area contributed by atoms with Crippen molar-refractivity contribution in [3.8, 4) is 0 Å². The number of ketones is 1. The van der Waals surface area contributed by atoms with Crippen LogP contribution in [-0.4, -0.2) is 42.3 Å². The number of carbonyl (C=O) groups is 3. The Morgan fingerprint density at radius 1 is 1.07 bits per heavy atom. The zero-order valence-electron chi connectivity index (χ0n) is 15.1. The van der Waals surface area contributed by atoms with Gasteiger partial charge in [0.05, 0.1) is 10.6 Å². The number of halogens is 2. The predicted octanol–water partition coefficient (Wildman–Crippen LogP) is 4.27. The quantitative estimate of drug-likeness (QED) is 0.466. The van der Waals surface area contributed by atoms with Crippen molar-refractivity contribution in [2.75, 3.05) is 18.6 Å². The minimum absolute atomic E-state index is 0.267. The zero-order valence-corrected chi connectivity index (χ0v) is 17.4. The highest BCUT2D eigenvalue weighted by Crippen LogP contribution is 2.15. The molecule has 28 heavy (non-hydrogen) atoms. The Hall–Kier alpha value is -2.02. The molecule has 0 aromatic heterocycles. The van der Waals surface area contributed by atoms with Gasteiger partial charge in [-0.25, -0.2) is 4.79 Å². The normalized spacial score (nSPS) is 11.5. The van der Waals surface area contributed by atoms with E-state index in [2.05, 4.69) is 5.32 Å². The molecule has 0 radical (unpaired) electrons. The predicted molar refractivity (Wildman–Crippen MR) is 112 cm³/mol. The number of hydrogen-bond acceptors (Lipinski definition) is 5. The third-order valence-corrected chi connectivity index (χ3v) is 5.06. The SMILES string of the molecule is CSCCC(NC(=O)c1ccccc1Cl)C(=O)OCC(=O)c1ccc(Cl)cc1. The first-order valence-corrected chi connectivity index (χ1v) is 10.6. The molecule has 1 unspecified atom stereocenters. The number of rotatable bonds is 9. The summed E-state index contributed by atoms with van der Waals surface area (Å²) in [4.78, 5) is 37.0. The summed E-state index contributed by atoms with van der Waals surface area (Å²) >= 11 is 13.4. The van der Waals surface area contributed by atoms with E-state index >= 15 is 0 Å². The van der Waals surface area contributed by atoms with Crippen LogP contribution in [0, 0.1) is 0 Å². The fraction of sp³-hybridized carbons (Fsp3) is 0.250. The molecule has 0 aliphatic heterocycles. The molecule has 0 bridgehead atoms. The maximum atomic E-state index is 12.4. The number of Topliss-reactive ketones (excluding diaryl/α,β-unsaturated/α-hetero) is 1. The lowest BCUT2D eigenvalue weighted by Crippen LogP contribution is -2.42. The van der Waals surface area contributed by atoms with Gasteiger partial charge in [0.1, 0.15) is 6.04 Å². The van der Waals surface area contributed by atoms with Crippen LogP contribution >= 0.6 is 35.0 Å². The van der Waals surface area contributed by atoms with Crippen LogP contribution in [0.5, 0.6) is 0 Å². The summed E-state index contributed by atoms with van der Waals surface area (Å²) in [5, 5.41) is 3.43. The molecule has 148 valence electrons. The third kappa shape index (κ3) is 6.55. The monoisotopic (exact) mass is 439 g/mol. The number of hydrogen-bond donors (Lipinski definition) is 1. The van der Waals surface area contributed by atoms with Gasteiger partial charge in [-0.2, -0.15) is 11.8 Å². The second kappa shape index (κ2) is 11.1. The molecular weight excluding hydrogens is 421 g/mol. The summed E-state index contributed by atoms with van der Waals surface area (Å²) in [6.07, 6.45) is 2.26. The number of thioether (sulfide) groups is 1. The zero-order chi connectivity index (χ0) is 20.5. The van der Waals surface area contributed by atoms with E-state index < -0.39 is 24.5 Å². The molecule has 1 N–H and O–H groups in total. The Kier molecular flexibility index (Phi) is 8.83. The lowest BCUT2D eigenvalue weighted by Gasteiger charge is -2.17. The minimum atomic E-state index is -0.880. The van der Waals surface area contributed by atoms with Gasteiger partial charge in [0.15, 0.2) is 12.4 Å². The van der Waals surface area contributed by atoms with Crippen LogP contribution in [0.1, 0.15) is 27.1 Å². The number of nitrogens with one attached hydrogen (secondary N) is 1. The van der Waals surface area contributed by atoms with Crippen molar-refractivity contribution < 1.29 is 19.1 Å². The number of ether oxygens (including phenoxy) is 1. The fourth-order valence-corrected chi connectivity index (χ4v) is 3.14. The molecular formula is C20H19Cl2NO4S. The van der Waals surface area contributed by atoms with E-state index in [-0.39, 0.29) is 16.4 Å².